The van der Waals surface area contributed by atoms with Crippen LogP contribution in [-0.2, 0) is 14.3 Å². The molecule has 0 bridgehead atoms. The molecule has 0 saturated carbocycles. The van der Waals surface area contributed by atoms with E-state index in [0.29, 0.717) is 0 Å². The van der Waals surface area contributed by atoms with Crippen LogP contribution in [0.5, 0.6) is 0 Å². The van der Waals surface area contributed by atoms with Crippen LogP contribution in [0.15, 0.2) is 0 Å². The second-order valence-corrected chi connectivity index (χ2v) is 8.68. The van der Waals surface area contributed by atoms with Crippen LogP contribution in [0, 0.1) is 0 Å². The highest BCUT2D eigenvalue weighted by Crippen LogP contribution is 2.22. The summed E-state index contributed by atoms with van der Waals surface area (Å²) in [6, 6.07) is 2.30. The molecule has 3 saturated heterocycles. The lowest BCUT2D eigenvalue weighted by Gasteiger charge is -2.40. The van der Waals surface area contributed by atoms with Crippen molar-refractivity contribution in [1.82, 2.24) is 10.2 Å². The first-order chi connectivity index (χ1) is 12.7. The van der Waals surface area contributed by atoms with Gasteiger partial charge in [0.1, 0.15) is 0 Å². The van der Waals surface area contributed by atoms with E-state index in [1.54, 1.807) is 0 Å². The molecular weight excluding hydrogens is 376 g/mol. The van der Waals surface area contributed by atoms with Crippen LogP contribution in [0.4, 0.5) is 0 Å². The zero-order valence-corrected chi connectivity index (χ0v) is 16.9. The van der Waals surface area contributed by atoms with Gasteiger partial charge in [0, 0.05) is 54.4 Å². The standard InChI is InChI=1S/C15H28N2OS2.2CH2O2/c1-5-17(15-3-7-18-8-4-15)6-2-13(1)16-14-11-19-9-10-20-12-14;2*2-1-3/h13-16H,1-12H2;2*1H,(H,2,3). The number of rotatable bonds is 3. The lowest BCUT2D eigenvalue weighted by atomic mass is 9.99. The summed E-state index contributed by atoms with van der Waals surface area (Å²) in [5.74, 6) is 5.30. The number of likely N-dealkylation sites (tertiary alicyclic amines) is 1. The molecule has 0 spiro atoms. The predicted molar refractivity (Wildman–Crippen MR) is 107 cm³/mol. The maximum Gasteiger partial charge on any atom is 0.290 e. The summed E-state index contributed by atoms with van der Waals surface area (Å²) in [5.41, 5.74) is 0. The minimum atomic E-state index is -0.250. The molecular formula is C17H32N2O5S2. The van der Waals surface area contributed by atoms with Crippen molar-refractivity contribution in [2.45, 2.75) is 43.8 Å². The van der Waals surface area contributed by atoms with Crippen LogP contribution in [0.1, 0.15) is 25.7 Å². The van der Waals surface area contributed by atoms with Crippen molar-refractivity contribution in [2.75, 3.05) is 49.3 Å². The molecule has 3 aliphatic heterocycles. The van der Waals surface area contributed by atoms with E-state index in [1.807, 2.05) is 0 Å². The van der Waals surface area contributed by atoms with Crippen molar-refractivity contribution in [3.63, 3.8) is 0 Å². The van der Waals surface area contributed by atoms with Crippen molar-refractivity contribution >= 4 is 36.5 Å². The van der Waals surface area contributed by atoms with Gasteiger partial charge in [0.25, 0.3) is 12.9 Å². The van der Waals surface area contributed by atoms with Gasteiger partial charge in [-0.1, -0.05) is 0 Å². The Kier molecular flexibility index (Phi) is 14.1. The number of nitrogens with one attached hydrogen (secondary N) is 1. The molecule has 3 fully saturated rings. The summed E-state index contributed by atoms with van der Waals surface area (Å²) >= 11 is 4.26. The average molecular weight is 409 g/mol. The highest BCUT2D eigenvalue weighted by molar-refractivity contribution is 8.03. The Morgan fingerprint density at radius 3 is 1.88 bits per heavy atom. The SMILES string of the molecule is C1CC(N2CCC(NC3CSCCSC3)CC2)CCO1.O=CO.O=CO. The maximum absolute atomic E-state index is 8.36. The second kappa shape index (κ2) is 15.6. The Morgan fingerprint density at radius 2 is 1.38 bits per heavy atom. The third-order valence-electron chi connectivity index (χ3n) is 4.72. The van der Waals surface area contributed by atoms with E-state index in [4.69, 9.17) is 24.5 Å². The van der Waals surface area contributed by atoms with Crippen molar-refractivity contribution in [1.29, 1.82) is 0 Å². The zero-order valence-electron chi connectivity index (χ0n) is 15.3. The lowest BCUT2D eigenvalue weighted by molar-refractivity contribution is -0.123. The molecule has 3 N–H and O–H groups in total. The number of ether oxygens (including phenoxy) is 1. The minimum absolute atomic E-state index is 0.250. The molecule has 9 heteroatoms. The second-order valence-electron chi connectivity index (χ2n) is 6.38. The van der Waals surface area contributed by atoms with Crippen LogP contribution < -0.4 is 5.32 Å². The molecule has 3 heterocycles. The number of piperidine rings is 1. The molecule has 3 aliphatic rings. The molecule has 7 nitrogen and oxygen atoms in total. The Bertz CT molecular complexity index is 351. The summed E-state index contributed by atoms with van der Waals surface area (Å²) in [6.07, 6.45) is 5.16. The zero-order chi connectivity index (χ0) is 19.0. The topological polar surface area (TPSA) is 99.1 Å². The van der Waals surface area contributed by atoms with Crippen molar-refractivity contribution < 1.29 is 24.5 Å². The number of thioether (sulfide) groups is 2. The number of nitrogens with zero attached hydrogens (tertiary/aromatic N) is 1. The molecule has 3 rings (SSSR count). The fourth-order valence-corrected chi connectivity index (χ4v) is 5.95. The molecule has 0 aromatic heterocycles. The lowest BCUT2D eigenvalue weighted by Crippen LogP contribution is -2.50. The largest absolute Gasteiger partial charge is 0.483 e. The number of hydrogen-bond acceptors (Lipinski definition) is 7. The van der Waals surface area contributed by atoms with Gasteiger partial charge in [-0.15, -0.1) is 0 Å². The van der Waals surface area contributed by atoms with Gasteiger partial charge in [0.15, 0.2) is 0 Å². The number of hydrogen-bond donors (Lipinski definition) is 3. The van der Waals surface area contributed by atoms with Crippen LogP contribution in [0.3, 0.4) is 0 Å². The fraction of sp³-hybridized carbons (Fsp3) is 0.882. The highest BCUT2D eigenvalue weighted by Gasteiger charge is 2.27. The van der Waals surface area contributed by atoms with Crippen molar-refractivity contribution in [3.8, 4) is 0 Å². The van der Waals surface area contributed by atoms with Crippen molar-refractivity contribution in [2.24, 2.45) is 0 Å². The molecule has 26 heavy (non-hydrogen) atoms. The highest BCUT2D eigenvalue weighted by atomic mass is 32.2. The van der Waals surface area contributed by atoms with Gasteiger partial charge < -0.3 is 25.2 Å². The van der Waals surface area contributed by atoms with Crippen LogP contribution >= 0.6 is 23.5 Å². The Morgan fingerprint density at radius 1 is 0.885 bits per heavy atom. The normalized spacial score (nSPS) is 23.5. The minimum Gasteiger partial charge on any atom is -0.483 e. The quantitative estimate of drug-likeness (QED) is 0.600. The van der Waals surface area contributed by atoms with Gasteiger partial charge in [-0.3, -0.25) is 9.59 Å². The molecule has 0 amide bonds. The van der Waals surface area contributed by atoms with Crippen molar-refractivity contribution in [3.05, 3.63) is 0 Å². The van der Waals surface area contributed by atoms with Gasteiger partial charge in [-0.25, -0.2) is 0 Å². The summed E-state index contributed by atoms with van der Waals surface area (Å²) in [6.45, 7) is 4.02. The van der Waals surface area contributed by atoms with Gasteiger partial charge in [0.2, 0.25) is 0 Å². The van der Waals surface area contributed by atoms with Gasteiger partial charge in [0.05, 0.1) is 0 Å². The molecule has 0 aromatic carbocycles. The molecule has 0 radical (unpaired) electrons. The average Bonchev–Trinajstić information content (AvgIpc) is 2.93. The summed E-state index contributed by atoms with van der Waals surface area (Å²) in [4.78, 5) is 19.4. The Labute approximate surface area is 164 Å². The van der Waals surface area contributed by atoms with Gasteiger partial charge >= 0.3 is 0 Å². The number of carbonyl (C=O) groups is 2. The van der Waals surface area contributed by atoms with Gasteiger partial charge in [-0.2, -0.15) is 23.5 Å². The van der Waals surface area contributed by atoms with Crippen LogP contribution in [0.25, 0.3) is 0 Å². The Balaban J connectivity index is 0.000000499. The van der Waals surface area contributed by atoms with E-state index in [2.05, 4.69) is 33.7 Å². The third kappa shape index (κ3) is 10.0. The molecule has 0 aromatic rings. The maximum atomic E-state index is 8.36. The summed E-state index contributed by atoms with van der Waals surface area (Å²) < 4.78 is 5.48. The summed E-state index contributed by atoms with van der Waals surface area (Å²) in [7, 11) is 0. The fourth-order valence-electron chi connectivity index (χ4n) is 3.53. The molecule has 0 aliphatic carbocycles. The first kappa shape index (κ1) is 23.6. The predicted octanol–water partition coefficient (Wildman–Crippen LogP) is 1.47. The number of carboxylic acid groups (broad SMARTS) is 2. The van der Waals surface area contributed by atoms with E-state index in [1.165, 1.54) is 61.8 Å². The van der Waals surface area contributed by atoms with E-state index in [0.717, 1.165) is 31.3 Å². The first-order valence-electron chi connectivity index (χ1n) is 9.14. The van der Waals surface area contributed by atoms with Crippen LogP contribution in [-0.4, -0.2) is 95.5 Å². The molecule has 152 valence electrons. The smallest absolute Gasteiger partial charge is 0.290 e. The monoisotopic (exact) mass is 408 g/mol. The van der Waals surface area contributed by atoms with E-state index < -0.39 is 0 Å². The first-order valence-corrected chi connectivity index (χ1v) is 11.4. The molecule has 0 unspecified atom stereocenters. The van der Waals surface area contributed by atoms with E-state index >= 15 is 0 Å². The van der Waals surface area contributed by atoms with E-state index in [-0.39, 0.29) is 12.9 Å². The van der Waals surface area contributed by atoms with Gasteiger partial charge in [-0.05, 0) is 38.8 Å². The van der Waals surface area contributed by atoms with Crippen LogP contribution in [0.2, 0.25) is 0 Å². The summed E-state index contributed by atoms with van der Waals surface area (Å²) in [5, 5.41) is 17.7. The molecule has 0 atom stereocenters. The Hall–Kier alpha value is -0.480. The third-order valence-corrected chi connectivity index (χ3v) is 7.24. The van der Waals surface area contributed by atoms with E-state index in [9.17, 15) is 0 Å².